The predicted octanol–water partition coefficient (Wildman–Crippen LogP) is 6.17. The Morgan fingerprint density at radius 1 is 1.13 bits per heavy atom. The molecule has 208 valence electrons. The van der Waals surface area contributed by atoms with Gasteiger partial charge in [-0.1, -0.05) is 55.5 Å². The van der Waals surface area contributed by atoms with Crippen LogP contribution in [0.25, 0.3) is 0 Å². The fourth-order valence-electron chi connectivity index (χ4n) is 7.92. The molecule has 0 aromatic heterocycles. The first-order valence-electron chi connectivity index (χ1n) is 14.2. The molecule has 2 aromatic carbocycles. The van der Waals surface area contributed by atoms with Crippen molar-refractivity contribution in [3.05, 3.63) is 65.7 Å². The summed E-state index contributed by atoms with van der Waals surface area (Å²) >= 11 is 7.41. The zero-order valence-electron chi connectivity index (χ0n) is 23.4. The lowest BCUT2D eigenvalue weighted by Gasteiger charge is -2.43. The minimum absolute atomic E-state index is 0.0983. The first kappa shape index (κ1) is 26.9. The number of alkyl halides is 1. The maximum absolute atomic E-state index is 13.5. The van der Waals surface area contributed by atoms with E-state index in [9.17, 15) is 4.79 Å². The third kappa shape index (κ3) is 4.26. The number of carbonyl (C=O) groups excluding carboxylic acids is 1. The van der Waals surface area contributed by atoms with E-state index in [1.165, 1.54) is 18.2 Å². The molecule has 5 atom stereocenters. The summed E-state index contributed by atoms with van der Waals surface area (Å²) < 4.78 is 18.1. The van der Waals surface area contributed by atoms with E-state index in [0.29, 0.717) is 13.0 Å². The van der Waals surface area contributed by atoms with Crippen molar-refractivity contribution in [2.75, 3.05) is 20.3 Å². The number of hydrogen-bond donors (Lipinski definition) is 0. The minimum atomic E-state index is -1.31. The van der Waals surface area contributed by atoms with Gasteiger partial charge in [-0.2, -0.15) is 0 Å². The quantitative estimate of drug-likeness (QED) is 0.318. The van der Waals surface area contributed by atoms with Crippen molar-refractivity contribution >= 4 is 29.0 Å². The number of benzene rings is 2. The van der Waals surface area contributed by atoms with Crippen LogP contribution in [0.5, 0.6) is 0 Å². The molecule has 1 aliphatic carbocycles. The number of likely N-dealkylation sites (tertiary alicyclic amines) is 1. The van der Waals surface area contributed by atoms with Gasteiger partial charge in [0.2, 0.25) is 0 Å². The first-order chi connectivity index (χ1) is 18.7. The average Bonchev–Trinajstić information content (AvgIpc) is 3.56. The van der Waals surface area contributed by atoms with Crippen molar-refractivity contribution in [1.29, 1.82) is 0 Å². The van der Waals surface area contributed by atoms with Gasteiger partial charge in [0.05, 0.1) is 36.1 Å². The van der Waals surface area contributed by atoms with Gasteiger partial charge in [0, 0.05) is 19.1 Å². The summed E-state index contributed by atoms with van der Waals surface area (Å²) in [5.74, 6) is -0.828. The number of halogens is 1. The molecule has 39 heavy (non-hydrogen) atoms. The topological polar surface area (TPSA) is 60.4 Å². The van der Waals surface area contributed by atoms with Gasteiger partial charge in [-0.25, -0.2) is 4.79 Å². The number of ether oxygens (including phenoxy) is 3. The summed E-state index contributed by atoms with van der Waals surface area (Å²) in [7, 11) is 1.43. The Hall–Kier alpha value is -2.25. The second-order valence-electron chi connectivity index (χ2n) is 12.2. The molecule has 4 aliphatic rings. The SMILES string of the molecule is CC[C@@]1(C[C@H]2CCC(Cl)(C(=O)OC)C3=Nc4ccccc4[C@]34CCN(Cc3ccccc3)[C@H]24)COC(C)(C)O1. The van der Waals surface area contributed by atoms with Crippen LogP contribution < -0.4 is 0 Å². The van der Waals surface area contributed by atoms with Gasteiger partial charge < -0.3 is 14.2 Å². The molecule has 0 radical (unpaired) electrons. The molecule has 2 saturated heterocycles. The van der Waals surface area contributed by atoms with Crippen LogP contribution in [-0.2, 0) is 31.0 Å². The molecule has 0 N–H and O–H groups in total. The number of fused-ring (bicyclic) bond motifs is 1. The summed E-state index contributed by atoms with van der Waals surface area (Å²) in [6, 6.07) is 19.1. The summed E-state index contributed by atoms with van der Waals surface area (Å²) in [5.41, 5.74) is 3.26. The van der Waals surface area contributed by atoms with Crippen molar-refractivity contribution < 1.29 is 19.0 Å². The number of carbonyl (C=O) groups is 1. The van der Waals surface area contributed by atoms with Crippen molar-refractivity contribution in [3.63, 3.8) is 0 Å². The number of esters is 1. The van der Waals surface area contributed by atoms with E-state index in [2.05, 4.69) is 60.4 Å². The van der Waals surface area contributed by atoms with E-state index in [1.54, 1.807) is 0 Å². The number of aliphatic imine (C=N–C) groups is 1. The highest BCUT2D eigenvalue weighted by Gasteiger charge is 2.66. The Labute approximate surface area is 236 Å². The van der Waals surface area contributed by atoms with Gasteiger partial charge in [-0.15, -0.1) is 11.6 Å². The number of methoxy groups -OCH3 is 1. The molecule has 2 aromatic rings. The first-order valence-corrected chi connectivity index (χ1v) is 14.6. The van der Waals surface area contributed by atoms with E-state index >= 15 is 0 Å². The maximum atomic E-state index is 13.5. The fraction of sp³-hybridized carbons (Fsp3) is 0.562. The highest BCUT2D eigenvalue weighted by molar-refractivity contribution is 6.48. The van der Waals surface area contributed by atoms with Gasteiger partial charge >= 0.3 is 5.97 Å². The fourth-order valence-corrected chi connectivity index (χ4v) is 8.32. The summed E-state index contributed by atoms with van der Waals surface area (Å²) in [5, 5.41) is 0. The van der Waals surface area contributed by atoms with Crippen LogP contribution in [0.15, 0.2) is 59.6 Å². The standard InChI is InChI=1S/C32H39ClN2O4/c1-5-30(21-38-29(2,3)39-30)19-23-15-16-32(33,28(36)37-4)27-31(24-13-9-10-14-25(24)34-27)17-18-35(26(23)31)20-22-11-7-6-8-12-22/h6-14,23,26H,5,15-21H2,1-4H3/t23-,26-,30-,31+,32?/m1/s1. The zero-order chi connectivity index (χ0) is 27.5. The van der Waals surface area contributed by atoms with Gasteiger partial charge in [0.15, 0.2) is 10.7 Å². The molecule has 3 heterocycles. The lowest BCUT2D eigenvalue weighted by molar-refractivity contribution is -0.167. The molecule has 3 fully saturated rings. The number of nitrogens with zero attached hydrogens (tertiary/aromatic N) is 2. The van der Waals surface area contributed by atoms with Crippen LogP contribution in [0.4, 0.5) is 5.69 Å². The Bertz CT molecular complexity index is 1280. The lowest BCUT2D eigenvalue weighted by Crippen LogP contribution is -2.56. The van der Waals surface area contributed by atoms with E-state index in [0.717, 1.165) is 50.2 Å². The molecule has 7 heteroatoms. The Kier molecular flexibility index (Phi) is 6.69. The predicted molar refractivity (Wildman–Crippen MR) is 153 cm³/mol. The van der Waals surface area contributed by atoms with Crippen LogP contribution >= 0.6 is 11.6 Å². The van der Waals surface area contributed by atoms with Gasteiger partial charge in [0.1, 0.15) is 0 Å². The number of hydrogen-bond acceptors (Lipinski definition) is 6. The summed E-state index contributed by atoms with van der Waals surface area (Å²) in [4.78, 5) is 19.9. The highest BCUT2D eigenvalue weighted by atomic mass is 35.5. The minimum Gasteiger partial charge on any atom is -0.467 e. The Balaban J connectivity index is 1.50. The van der Waals surface area contributed by atoms with Crippen molar-refractivity contribution in [2.24, 2.45) is 10.9 Å². The van der Waals surface area contributed by atoms with Crippen LogP contribution in [0.3, 0.4) is 0 Å². The third-order valence-electron chi connectivity index (χ3n) is 9.57. The Morgan fingerprint density at radius 3 is 2.56 bits per heavy atom. The van der Waals surface area contributed by atoms with Crippen LogP contribution in [0, 0.1) is 5.92 Å². The van der Waals surface area contributed by atoms with Crippen molar-refractivity contribution in [1.82, 2.24) is 4.90 Å². The molecule has 6 nitrogen and oxygen atoms in total. The van der Waals surface area contributed by atoms with Crippen LogP contribution in [0.2, 0.25) is 0 Å². The van der Waals surface area contributed by atoms with E-state index in [1.807, 2.05) is 19.9 Å². The van der Waals surface area contributed by atoms with Crippen LogP contribution in [-0.4, -0.2) is 59.1 Å². The highest BCUT2D eigenvalue weighted by Crippen LogP contribution is 2.59. The maximum Gasteiger partial charge on any atom is 0.332 e. The van der Waals surface area contributed by atoms with Crippen molar-refractivity contribution in [2.45, 2.75) is 87.1 Å². The number of rotatable bonds is 6. The monoisotopic (exact) mass is 550 g/mol. The second-order valence-corrected chi connectivity index (χ2v) is 12.9. The molecular weight excluding hydrogens is 512 g/mol. The third-order valence-corrected chi connectivity index (χ3v) is 10.1. The van der Waals surface area contributed by atoms with E-state index in [-0.39, 0.29) is 12.0 Å². The molecule has 0 bridgehead atoms. The molecule has 0 amide bonds. The molecule has 6 rings (SSSR count). The van der Waals surface area contributed by atoms with E-state index < -0.39 is 27.6 Å². The van der Waals surface area contributed by atoms with Gasteiger partial charge in [-0.05, 0) is 69.1 Å². The normalized spacial score (nSPS) is 35.1. The second kappa shape index (κ2) is 9.69. The average molecular weight is 551 g/mol. The molecule has 1 spiro atoms. The number of para-hydroxylation sites is 1. The summed E-state index contributed by atoms with van der Waals surface area (Å²) in [6.07, 6.45) is 3.77. The van der Waals surface area contributed by atoms with E-state index in [4.69, 9.17) is 30.8 Å². The van der Waals surface area contributed by atoms with Gasteiger partial charge in [-0.3, -0.25) is 9.89 Å². The zero-order valence-corrected chi connectivity index (χ0v) is 24.2. The molecular formula is C32H39ClN2O4. The van der Waals surface area contributed by atoms with Crippen LogP contribution in [0.1, 0.15) is 64.0 Å². The van der Waals surface area contributed by atoms with Gasteiger partial charge in [0.25, 0.3) is 0 Å². The smallest absolute Gasteiger partial charge is 0.332 e. The molecule has 1 saturated carbocycles. The molecule has 3 aliphatic heterocycles. The summed E-state index contributed by atoms with van der Waals surface area (Å²) in [6.45, 7) is 8.45. The molecule has 1 unspecified atom stereocenters. The lowest BCUT2D eigenvalue weighted by atomic mass is 9.65. The Morgan fingerprint density at radius 2 is 1.87 bits per heavy atom. The van der Waals surface area contributed by atoms with Crippen molar-refractivity contribution in [3.8, 4) is 0 Å². The largest absolute Gasteiger partial charge is 0.467 e.